The number of aliphatic hydroxyl groups excluding tert-OH is 1. The summed E-state index contributed by atoms with van der Waals surface area (Å²) in [4.78, 5) is 26.6. The number of benzene rings is 2. The maximum absolute atomic E-state index is 12.9. The highest BCUT2D eigenvalue weighted by molar-refractivity contribution is 5.98. The van der Waals surface area contributed by atoms with Gasteiger partial charge in [0.05, 0.1) is 31.3 Å². The minimum atomic E-state index is -4.47. The third-order valence-electron chi connectivity index (χ3n) is 6.87. The van der Waals surface area contributed by atoms with Crippen LogP contribution in [-0.2, 0) is 11.0 Å². The Morgan fingerprint density at radius 2 is 1.61 bits per heavy atom. The van der Waals surface area contributed by atoms with Gasteiger partial charge in [-0.25, -0.2) is 0 Å². The summed E-state index contributed by atoms with van der Waals surface area (Å²) in [6, 6.07) is 9.31. The molecule has 6 nitrogen and oxygen atoms in total. The van der Waals surface area contributed by atoms with Crippen LogP contribution in [0.25, 0.3) is 0 Å². The Balaban J connectivity index is 1.39. The highest BCUT2D eigenvalue weighted by atomic mass is 19.4. The lowest BCUT2D eigenvalue weighted by atomic mass is 9.89. The third-order valence-corrected chi connectivity index (χ3v) is 6.87. The molecular formula is C27H31F3NO5+. The van der Waals surface area contributed by atoms with Gasteiger partial charge >= 0.3 is 6.18 Å². The lowest BCUT2D eigenvalue weighted by Gasteiger charge is -2.26. The van der Waals surface area contributed by atoms with E-state index in [2.05, 4.69) is 0 Å². The summed E-state index contributed by atoms with van der Waals surface area (Å²) in [6.45, 7) is 3.51. The number of fused-ring (bicyclic) bond motifs is 1. The number of ketones is 2. The molecule has 2 N–H and O–H groups in total. The Labute approximate surface area is 208 Å². The first kappa shape index (κ1) is 26.2. The maximum atomic E-state index is 12.9. The SMILES string of the molecule is O=C(CCC(=O)c1ccc(C(F)(F)F)cc1)C[C@H](C[NH+]1CCCC1)[C@H](O)c1ccc2c(c1)OCCO2. The topological polar surface area (TPSA) is 77.3 Å². The summed E-state index contributed by atoms with van der Waals surface area (Å²) in [6.07, 6.45) is -3.15. The van der Waals surface area contributed by atoms with E-state index < -0.39 is 17.8 Å². The molecule has 2 aliphatic heterocycles. The van der Waals surface area contributed by atoms with Crippen molar-refractivity contribution in [3.05, 3.63) is 59.2 Å². The normalized spacial score (nSPS) is 17.6. The Bertz CT molecular complexity index is 1060. The fourth-order valence-corrected chi connectivity index (χ4v) is 4.90. The first-order valence-electron chi connectivity index (χ1n) is 12.3. The van der Waals surface area contributed by atoms with Crippen molar-refractivity contribution in [3.8, 4) is 11.5 Å². The summed E-state index contributed by atoms with van der Waals surface area (Å²) in [5.41, 5.74) is -0.0304. The van der Waals surface area contributed by atoms with Crippen molar-refractivity contribution in [2.75, 3.05) is 32.8 Å². The summed E-state index contributed by atoms with van der Waals surface area (Å²) < 4.78 is 49.4. The van der Waals surface area contributed by atoms with Gasteiger partial charge in [-0.1, -0.05) is 18.2 Å². The van der Waals surface area contributed by atoms with Crippen LogP contribution in [0.1, 0.15) is 59.7 Å². The van der Waals surface area contributed by atoms with E-state index in [4.69, 9.17) is 9.47 Å². The predicted octanol–water partition coefficient (Wildman–Crippen LogP) is 3.43. The molecule has 0 aliphatic carbocycles. The molecule has 0 radical (unpaired) electrons. The Kier molecular flexibility index (Phi) is 8.31. The maximum Gasteiger partial charge on any atom is 0.416 e. The van der Waals surface area contributed by atoms with Crippen LogP contribution >= 0.6 is 0 Å². The van der Waals surface area contributed by atoms with Crippen LogP contribution in [0.15, 0.2) is 42.5 Å². The number of Topliss-reactive ketones (excluding diaryl/α,β-unsaturated/α-hetero) is 2. The highest BCUT2D eigenvalue weighted by Gasteiger charge is 2.31. The van der Waals surface area contributed by atoms with Crippen molar-refractivity contribution in [1.29, 1.82) is 0 Å². The molecule has 0 spiro atoms. The fraction of sp³-hybridized carbons (Fsp3) is 0.481. The summed E-state index contributed by atoms with van der Waals surface area (Å²) in [5.74, 6) is 0.311. The van der Waals surface area contributed by atoms with E-state index in [9.17, 15) is 27.9 Å². The van der Waals surface area contributed by atoms with Crippen molar-refractivity contribution in [1.82, 2.24) is 0 Å². The summed E-state index contributed by atoms with van der Waals surface area (Å²) >= 11 is 0. The third kappa shape index (κ3) is 6.64. The van der Waals surface area contributed by atoms with E-state index in [0.717, 1.165) is 50.2 Å². The van der Waals surface area contributed by atoms with Gasteiger partial charge in [-0.3, -0.25) is 9.59 Å². The lowest BCUT2D eigenvalue weighted by Crippen LogP contribution is -3.10. The van der Waals surface area contributed by atoms with Gasteiger partial charge in [0.25, 0.3) is 0 Å². The number of quaternary nitrogens is 1. The van der Waals surface area contributed by atoms with Crippen LogP contribution in [0.5, 0.6) is 11.5 Å². The van der Waals surface area contributed by atoms with E-state index in [0.29, 0.717) is 36.8 Å². The van der Waals surface area contributed by atoms with E-state index in [-0.39, 0.29) is 42.3 Å². The van der Waals surface area contributed by atoms with Crippen LogP contribution in [-0.4, -0.2) is 49.5 Å². The van der Waals surface area contributed by atoms with Crippen LogP contribution in [0.3, 0.4) is 0 Å². The van der Waals surface area contributed by atoms with Crippen LogP contribution < -0.4 is 14.4 Å². The van der Waals surface area contributed by atoms with Gasteiger partial charge in [-0.2, -0.15) is 13.2 Å². The second-order valence-corrected chi connectivity index (χ2v) is 9.51. The molecule has 2 heterocycles. The van der Waals surface area contributed by atoms with Gasteiger partial charge in [-0.05, 0) is 29.8 Å². The lowest BCUT2D eigenvalue weighted by molar-refractivity contribution is -0.891. The van der Waals surface area contributed by atoms with E-state index in [1.807, 2.05) is 0 Å². The zero-order valence-electron chi connectivity index (χ0n) is 20.0. The molecule has 4 rings (SSSR count). The number of hydrogen-bond donors (Lipinski definition) is 2. The molecule has 36 heavy (non-hydrogen) atoms. The molecule has 194 valence electrons. The van der Waals surface area contributed by atoms with Crippen molar-refractivity contribution < 1.29 is 42.2 Å². The van der Waals surface area contributed by atoms with Crippen molar-refractivity contribution in [2.24, 2.45) is 5.92 Å². The molecular weight excluding hydrogens is 475 g/mol. The number of carbonyl (C=O) groups excluding carboxylic acids is 2. The van der Waals surface area contributed by atoms with Gasteiger partial charge < -0.3 is 19.5 Å². The van der Waals surface area contributed by atoms with Crippen LogP contribution in [0.4, 0.5) is 13.2 Å². The molecule has 1 saturated heterocycles. The molecule has 0 bridgehead atoms. The van der Waals surface area contributed by atoms with Crippen molar-refractivity contribution in [2.45, 2.75) is 44.4 Å². The molecule has 2 aliphatic rings. The van der Waals surface area contributed by atoms with Crippen LogP contribution in [0, 0.1) is 5.92 Å². The zero-order chi connectivity index (χ0) is 25.7. The Morgan fingerprint density at radius 3 is 2.28 bits per heavy atom. The average Bonchev–Trinajstić information content (AvgIpc) is 3.39. The highest BCUT2D eigenvalue weighted by Crippen LogP contribution is 2.35. The number of ether oxygens (including phenoxy) is 2. The number of nitrogens with one attached hydrogen (secondary N) is 1. The minimum Gasteiger partial charge on any atom is -0.486 e. The Hall–Kier alpha value is -2.91. The number of likely N-dealkylation sites (tertiary alicyclic amines) is 1. The monoisotopic (exact) mass is 506 g/mol. The zero-order valence-corrected chi connectivity index (χ0v) is 20.0. The van der Waals surface area contributed by atoms with E-state index in [1.165, 1.54) is 4.90 Å². The number of rotatable bonds is 10. The second-order valence-electron chi connectivity index (χ2n) is 9.51. The minimum absolute atomic E-state index is 0.0282. The summed E-state index contributed by atoms with van der Waals surface area (Å²) in [5, 5.41) is 11.2. The van der Waals surface area contributed by atoms with Gasteiger partial charge in [0, 0.05) is 43.6 Å². The predicted molar refractivity (Wildman–Crippen MR) is 125 cm³/mol. The molecule has 9 heteroatoms. The van der Waals surface area contributed by atoms with Crippen molar-refractivity contribution >= 4 is 11.6 Å². The molecule has 0 saturated carbocycles. The molecule has 2 aromatic carbocycles. The smallest absolute Gasteiger partial charge is 0.416 e. The molecule has 0 unspecified atom stereocenters. The van der Waals surface area contributed by atoms with E-state index in [1.54, 1.807) is 18.2 Å². The average molecular weight is 507 g/mol. The van der Waals surface area contributed by atoms with Gasteiger partial charge in [0.15, 0.2) is 17.3 Å². The number of halogens is 3. The molecule has 0 aromatic heterocycles. The van der Waals surface area contributed by atoms with Gasteiger partial charge in [-0.15, -0.1) is 0 Å². The van der Waals surface area contributed by atoms with Gasteiger partial charge in [0.1, 0.15) is 19.0 Å². The van der Waals surface area contributed by atoms with Crippen LogP contribution in [0.2, 0.25) is 0 Å². The van der Waals surface area contributed by atoms with E-state index >= 15 is 0 Å². The molecule has 2 atom stereocenters. The van der Waals surface area contributed by atoms with Gasteiger partial charge in [0.2, 0.25) is 0 Å². The molecule has 1 fully saturated rings. The fourth-order valence-electron chi connectivity index (χ4n) is 4.90. The standard InChI is InChI=1S/C27H30F3NO5/c28-27(29,30)21-6-3-18(4-7-21)23(33)9-8-22(32)15-20(17-31-11-1-2-12-31)26(34)19-5-10-24-25(16-19)36-14-13-35-24/h3-7,10,16,20,26,34H,1-2,8-9,11-15,17H2/p+1/t20-,26-/m1/s1. The molecule has 0 amide bonds. The number of alkyl halides is 3. The number of aliphatic hydroxyl groups is 1. The largest absolute Gasteiger partial charge is 0.486 e. The number of carbonyl (C=O) groups is 2. The van der Waals surface area contributed by atoms with Crippen molar-refractivity contribution in [3.63, 3.8) is 0 Å². The number of hydrogen-bond acceptors (Lipinski definition) is 5. The Morgan fingerprint density at radius 1 is 0.944 bits per heavy atom. The molecule has 2 aromatic rings. The first-order chi connectivity index (χ1) is 17.2. The summed E-state index contributed by atoms with van der Waals surface area (Å²) in [7, 11) is 0. The second kappa shape index (κ2) is 11.4. The first-order valence-corrected chi connectivity index (χ1v) is 12.3. The quantitative estimate of drug-likeness (QED) is 0.483.